The third kappa shape index (κ3) is 1.70. The van der Waals surface area contributed by atoms with Crippen molar-refractivity contribution in [3.8, 4) is 0 Å². The van der Waals surface area contributed by atoms with Gasteiger partial charge in [-0.15, -0.1) is 0 Å². The van der Waals surface area contributed by atoms with E-state index in [1.807, 2.05) is 36.7 Å². The van der Waals surface area contributed by atoms with E-state index in [4.69, 9.17) is 5.11 Å². The van der Waals surface area contributed by atoms with E-state index in [2.05, 4.69) is 4.98 Å². The number of carbonyl (C=O) groups is 1. The number of fused-ring (bicyclic) bond motifs is 1. The minimum Gasteiger partial charge on any atom is -0.481 e. The Morgan fingerprint density at radius 2 is 2.27 bits per heavy atom. The summed E-state index contributed by atoms with van der Waals surface area (Å²) in [5.41, 5.74) is 2.69. The summed E-state index contributed by atoms with van der Waals surface area (Å²) in [5, 5.41) is 8.69. The van der Waals surface area contributed by atoms with Crippen molar-refractivity contribution in [2.24, 2.45) is 7.05 Å². The minimum atomic E-state index is -0.812. The van der Waals surface area contributed by atoms with Crippen LogP contribution in [0.1, 0.15) is 11.4 Å². The van der Waals surface area contributed by atoms with Gasteiger partial charge >= 0.3 is 5.97 Å². The monoisotopic (exact) mass is 204 g/mol. The van der Waals surface area contributed by atoms with E-state index in [0.717, 1.165) is 22.4 Å². The quantitative estimate of drug-likeness (QED) is 0.806. The Labute approximate surface area is 87.2 Å². The Kier molecular flexibility index (Phi) is 2.19. The van der Waals surface area contributed by atoms with Crippen molar-refractivity contribution in [2.45, 2.75) is 13.3 Å². The number of aliphatic carboxylic acids is 1. The predicted octanol–water partition coefficient (Wildman–Crippen LogP) is 1.51. The van der Waals surface area contributed by atoms with Gasteiger partial charge in [-0.25, -0.2) is 4.98 Å². The highest BCUT2D eigenvalue weighted by Crippen LogP contribution is 2.16. The third-order valence-corrected chi connectivity index (χ3v) is 2.52. The Morgan fingerprint density at radius 1 is 1.53 bits per heavy atom. The van der Waals surface area contributed by atoms with Crippen molar-refractivity contribution >= 4 is 17.0 Å². The summed E-state index contributed by atoms with van der Waals surface area (Å²) in [6.45, 7) is 1.93. The van der Waals surface area contributed by atoms with E-state index in [9.17, 15) is 4.79 Å². The Balaban J connectivity index is 2.54. The topological polar surface area (TPSA) is 55.1 Å². The molecule has 1 heterocycles. The maximum Gasteiger partial charge on any atom is 0.307 e. The van der Waals surface area contributed by atoms with Crippen LogP contribution in [-0.4, -0.2) is 20.6 Å². The maximum absolute atomic E-state index is 10.6. The summed E-state index contributed by atoms with van der Waals surface area (Å²) < 4.78 is 1.96. The lowest BCUT2D eigenvalue weighted by Gasteiger charge is -1.99. The molecular formula is C11H12N2O2. The maximum atomic E-state index is 10.6. The van der Waals surface area contributed by atoms with Crippen LogP contribution in [0.15, 0.2) is 18.2 Å². The van der Waals surface area contributed by atoms with Crippen LogP contribution in [0.5, 0.6) is 0 Å². The van der Waals surface area contributed by atoms with Gasteiger partial charge in [-0.05, 0) is 24.6 Å². The van der Waals surface area contributed by atoms with Crippen LogP contribution in [0, 0.1) is 6.92 Å². The summed E-state index contributed by atoms with van der Waals surface area (Å²) in [4.78, 5) is 14.9. The number of nitrogens with zero attached hydrogens (tertiary/aromatic N) is 2. The predicted molar refractivity (Wildman–Crippen MR) is 56.8 cm³/mol. The first-order valence-corrected chi connectivity index (χ1v) is 4.71. The summed E-state index contributed by atoms with van der Waals surface area (Å²) in [5.74, 6) is 0.116. The number of carboxylic acids is 1. The van der Waals surface area contributed by atoms with Crippen LogP contribution < -0.4 is 0 Å². The van der Waals surface area contributed by atoms with Gasteiger partial charge in [0.2, 0.25) is 0 Å². The van der Waals surface area contributed by atoms with Crippen LogP contribution in [0.4, 0.5) is 0 Å². The van der Waals surface area contributed by atoms with Gasteiger partial charge in [0.25, 0.3) is 0 Å². The molecule has 0 bridgehead atoms. The molecule has 0 fully saturated rings. The highest BCUT2D eigenvalue weighted by Gasteiger charge is 2.06. The second-order valence-electron chi connectivity index (χ2n) is 3.61. The molecule has 0 spiro atoms. The molecule has 0 unspecified atom stereocenters. The summed E-state index contributed by atoms with van der Waals surface area (Å²) in [7, 11) is 1.93. The molecule has 0 aliphatic rings. The van der Waals surface area contributed by atoms with Gasteiger partial charge in [-0.3, -0.25) is 4.79 Å². The fraction of sp³-hybridized carbons (Fsp3) is 0.273. The zero-order valence-corrected chi connectivity index (χ0v) is 8.69. The van der Waals surface area contributed by atoms with Crippen LogP contribution >= 0.6 is 0 Å². The van der Waals surface area contributed by atoms with E-state index in [1.54, 1.807) is 0 Å². The zero-order valence-electron chi connectivity index (χ0n) is 8.69. The van der Waals surface area contributed by atoms with Gasteiger partial charge in [0.1, 0.15) is 5.82 Å². The molecular weight excluding hydrogens is 192 g/mol. The van der Waals surface area contributed by atoms with Crippen molar-refractivity contribution in [2.75, 3.05) is 0 Å². The fourth-order valence-corrected chi connectivity index (χ4v) is 1.64. The summed E-state index contributed by atoms with van der Waals surface area (Å²) in [6, 6.07) is 5.55. The second kappa shape index (κ2) is 3.38. The molecule has 0 amide bonds. The van der Waals surface area contributed by atoms with Crippen LogP contribution in [-0.2, 0) is 18.3 Å². The lowest BCUT2D eigenvalue weighted by Crippen LogP contribution is -2.00. The summed E-state index contributed by atoms with van der Waals surface area (Å²) >= 11 is 0. The molecule has 15 heavy (non-hydrogen) atoms. The Hall–Kier alpha value is -1.84. The van der Waals surface area contributed by atoms with E-state index in [-0.39, 0.29) is 6.42 Å². The van der Waals surface area contributed by atoms with Gasteiger partial charge in [0.15, 0.2) is 0 Å². The van der Waals surface area contributed by atoms with Crippen LogP contribution in [0.3, 0.4) is 0 Å². The minimum absolute atomic E-state index is 0.0557. The lowest BCUT2D eigenvalue weighted by molar-refractivity contribution is -0.136. The number of carboxylic acid groups (broad SMARTS) is 1. The molecule has 78 valence electrons. The highest BCUT2D eigenvalue weighted by atomic mass is 16.4. The van der Waals surface area contributed by atoms with Crippen molar-refractivity contribution in [1.82, 2.24) is 9.55 Å². The number of aromatic nitrogens is 2. The normalized spacial score (nSPS) is 10.8. The van der Waals surface area contributed by atoms with Gasteiger partial charge in [0.05, 0.1) is 17.5 Å². The van der Waals surface area contributed by atoms with Gasteiger partial charge in [0, 0.05) is 7.05 Å². The van der Waals surface area contributed by atoms with Crippen molar-refractivity contribution < 1.29 is 9.90 Å². The van der Waals surface area contributed by atoms with Crippen molar-refractivity contribution in [3.63, 3.8) is 0 Å². The molecule has 2 aromatic rings. The van der Waals surface area contributed by atoms with Crippen molar-refractivity contribution in [3.05, 3.63) is 29.6 Å². The molecule has 0 atom stereocenters. The first kappa shape index (κ1) is 9.71. The Bertz CT molecular complexity index is 529. The molecule has 0 radical (unpaired) electrons. The van der Waals surface area contributed by atoms with Crippen LogP contribution in [0.25, 0.3) is 11.0 Å². The molecule has 4 heteroatoms. The molecule has 0 aliphatic heterocycles. The molecule has 0 aliphatic carbocycles. The second-order valence-corrected chi connectivity index (χ2v) is 3.61. The number of rotatable bonds is 2. The number of aryl methyl sites for hydroxylation is 2. The van der Waals surface area contributed by atoms with Crippen molar-refractivity contribution in [1.29, 1.82) is 0 Å². The molecule has 1 N–H and O–H groups in total. The third-order valence-electron chi connectivity index (χ3n) is 2.52. The number of imidazole rings is 1. The average Bonchev–Trinajstić information content (AvgIpc) is 2.43. The first-order chi connectivity index (χ1) is 7.08. The van der Waals surface area contributed by atoms with E-state index < -0.39 is 5.97 Å². The number of hydrogen-bond donors (Lipinski definition) is 1. The van der Waals surface area contributed by atoms with E-state index in [0.29, 0.717) is 0 Å². The van der Waals surface area contributed by atoms with Gasteiger partial charge < -0.3 is 9.67 Å². The Morgan fingerprint density at radius 3 is 2.93 bits per heavy atom. The largest absolute Gasteiger partial charge is 0.481 e. The first-order valence-electron chi connectivity index (χ1n) is 4.71. The average molecular weight is 204 g/mol. The SMILES string of the molecule is Cc1nc2ccc(CC(=O)O)cc2n1C. The summed E-state index contributed by atoms with van der Waals surface area (Å²) in [6.07, 6.45) is 0.0557. The molecule has 1 aromatic heterocycles. The lowest BCUT2D eigenvalue weighted by atomic mass is 10.1. The smallest absolute Gasteiger partial charge is 0.307 e. The number of hydrogen-bond acceptors (Lipinski definition) is 2. The molecule has 4 nitrogen and oxygen atoms in total. The van der Waals surface area contributed by atoms with E-state index in [1.165, 1.54) is 0 Å². The van der Waals surface area contributed by atoms with E-state index >= 15 is 0 Å². The highest BCUT2D eigenvalue weighted by molar-refractivity contribution is 5.79. The molecule has 2 rings (SSSR count). The molecule has 0 saturated heterocycles. The number of benzene rings is 1. The van der Waals surface area contributed by atoms with Gasteiger partial charge in [-0.1, -0.05) is 6.07 Å². The standard InChI is InChI=1S/C11H12N2O2/c1-7-12-9-4-3-8(6-11(14)15)5-10(9)13(7)2/h3-5H,6H2,1-2H3,(H,14,15). The molecule has 1 aromatic carbocycles. The van der Waals surface area contributed by atoms with Crippen LogP contribution in [0.2, 0.25) is 0 Å². The van der Waals surface area contributed by atoms with Gasteiger partial charge in [-0.2, -0.15) is 0 Å². The fourth-order valence-electron chi connectivity index (χ4n) is 1.64. The zero-order chi connectivity index (χ0) is 11.0. The molecule has 0 saturated carbocycles.